The maximum atomic E-state index is 12.6. The number of aromatic nitrogens is 2. The van der Waals surface area contributed by atoms with Crippen LogP contribution in [-0.4, -0.2) is 35.5 Å². The largest absolute Gasteiger partial charge is 0.475 e. The van der Waals surface area contributed by atoms with Gasteiger partial charge in [0, 0.05) is 17.3 Å². The highest BCUT2D eigenvalue weighted by Crippen LogP contribution is 2.32. The fraction of sp³-hybridized carbons (Fsp3) is 0.560. The second-order valence-electron chi connectivity index (χ2n) is 9.46. The quantitative estimate of drug-likeness (QED) is 0.537. The summed E-state index contributed by atoms with van der Waals surface area (Å²) in [5.74, 6) is 1.17. The van der Waals surface area contributed by atoms with Gasteiger partial charge < -0.3 is 10.5 Å². The molecule has 1 amide bonds. The fourth-order valence-corrected chi connectivity index (χ4v) is 3.93. The zero-order valence-electron chi connectivity index (χ0n) is 19.3. The predicted octanol–water partition coefficient (Wildman–Crippen LogP) is 4.78. The van der Waals surface area contributed by atoms with Crippen LogP contribution in [0.5, 0.6) is 5.88 Å². The topological polar surface area (TPSA) is 93.4 Å². The van der Waals surface area contributed by atoms with Crippen LogP contribution < -0.4 is 10.5 Å². The number of carbonyl (C=O) groups is 1. The molecule has 0 atom stereocenters. The molecule has 1 aromatic carbocycles. The van der Waals surface area contributed by atoms with Gasteiger partial charge in [-0.15, -0.1) is 5.10 Å². The van der Waals surface area contributed by atoms with Crippen molar-refractivity contribution >= 4 is 12.1 Å². The Labute approximate surface area is 185 Å². The van der Waals surface area contributed by atoms with Crippen LogP contribution in [0.25, 0.3) is 11.3 Å². The monoisotopic (exact) mass is 424 g/mol. The molecule has 0 saturated heterocycles. The zero-order valence-corrected chi connectivity index (χ0v) is 19.3. The van der Waals surface area contributed by atoms with Gasteiger partial charge in [-0.25, -0.2) is 4.99 Å². The van der Waals surface area contributed by atoms with Crippen molar-refractivity contribution in [2.24, 2.45) is 22.1 Å². The normalized spacial score (nSPS) is 14.7. The smallest absolute Gasteiger partial charge is 0.254 e. The summed E-state index contributed by atoms with van der Waals surface area (Å²) in [6.45, 7) is 8.57. The van der Waals surface area contributed by atoms with Crippen molar-refractivity contribution in [2.75, 3.05) is 13.2 Å². The van der Waals surface area contributed by atoms with Crippen LogP contribution >= 0.6 is 0 Å². The van der Waals surface area contributed by atoms with E-state index in [9.17, 15) is 4.79 Å². The number of H-pyrrole nitrogens is 1. The zero-order chi connectivity index (χ0) is 22.4. The molecular formula is C25H36N4O2. The molecule has 1 aromatic heterocycles. The number of nitrogens with zero attached hydrogens (tertiary/aromatic N) is 2. The number of amides is 1. The van der Waals surface area contributed by atoms with Gasteiger partial charge in [-0.1, -0.05) is 36.5 Å². The van der Waals surface area contributed by atoms with E-state index in [4.69, 9.17) is 10.5 Å². The van der Waals surface area contributed by atoms with Crippen LogP contribution in [0.15, 0.2) is 23.2 Å². The van der Waals surface area contributed by atoms with Gasteiger partial charge >= 0.3 is 0 Å². The van der Waals surface area contributed by atoms with E-state index in [0.29, 0.717) is 18.8 Å². The summed E-state index contributed by atoms with van der Waals surface area (Å²) in [6, 6.07) is 6.38. The summed E-state index contributed by atoms with van der Waals surface area (Å²) in [6.07, 6.45) is 8.39. The van der Waals surface area contributed by atoms with Crippen LogP contribution in [0.4, 0.5) is 0 Å². The lowest BCUT2D eigenvalue weighted by molar-refractivity contribution is -0.127. The number of ether oxygens (including phenoxy) is 1. The molecule has 6 nitrogen and oxygen atoms in total. The molecule has 0 spiro atoms. The number of aryl methyl sites for hydroxylation is 2. The van der Waals surface area contributed by atoms with Gasteiger partial charge in [0.1, 0.15) is 6.61 Å². The Morgan fingerprint density at radius 1 is 1.29 bits per heavy atom. The summed E-state index contributed by atoms with van der Waals surface area (Å²) < 4.78 is 6.02. The van der Waals surface area contributed by atoms with Crippen molar-refractivity contribution < 1.29 is 9.53 Å². The van der Waals surface area contributed by atoms with Gasteiger partial charge in [-0.3, -0.25) is 9.89 Å². The Hall–Kier alpha value is -2.47. The summed E-state index contributed by atoms with van der Waals surface area (Å²) in [4.78, 5) is 16.8. The van der Waals surface area contributed by atoms with Gasteiger partial charge in [0.05, 0.1) is 11.1 Å². The number of benzene rings is 1. The van der Waals surface area contributed by atoms with Crippen LogP contribution in [0, 0.1) is 25.2 Å². The SMILES string of the molecule is Cc1cc(C)cc(-c2[nH]nc(OCC(C)(C)C(=O)/N=C/CCC3CCC3)c2CCN)c1. The minimum atomic E-state index is -0.730. The number of hydrogen-bond acceptors (Lipinski definition) is 4. The van der Waals surface area contributed by atoms with E-state index in [1.807, 2.05) is 13.8 Å². The maximum absolute atomic E-state index is 12.6. The molecule has 31 heavy (non-hydrogen) atoms. The second-order valence-corrected chi connectivity index (χ2v) is 9.46. The molecule has 1 aliphatic rings. The van der Waals surface area contributed by atoms with Gasteiger partial charge in [0.2, 0.25) is 5.88 Å². The van der Waals surface area contributed by atoms with E-state index in [1.165, 1.54) is 30.4 Å². The van der Waals surface area contributed by atoms with Gasteiger partial charge in [-0.2, -0.15) is 0 Å². The molecule has 1 heterocycles. The summed E-state index contributed by atoms with van der Waals surface area (Å²) >= 11 is 0. The lowest BCUT2D eigenvalue weighted by Gasteiger charge is -2.24. The fourth-order valence-electron chi connectivity index (χ4n) is 3.93. The van der Waals surface area contributed by atoms with E-state index in [0.717, 1.165) is 35.6 Å². The molecule has 3 rings (SSSR count). The summed E-state index contributed by atoms with van der Waals surface area (Å²) in [5, 5.41) is 7.50. The molecule has 2 aromatic rings. The molecule has 0 bridgehead atoms. The number of hydrogen-bond donors (Lipinski definition) is 2. The van der Waals surface area contributed by atoms with Crippen molar-refractivity contribution in [3.8, 4) is 17.1 Å². The Morgan fingerprint density at radius 3 is 2.61 bits per heavy atom. The number of nitrogens with two attached hydrogens (primary N) is 1. The molecule has 1 saturated carbocycles. The lowest BCUT2D eigenvalue weighted by Crippen LogP contribution is -2.30. The third kappa shape index (κ3) is 6.03. The highest BCUT2D eigenvalue weighted by Gasteiger charge is 2.29. The number of aliphatic imine (C=N–C) groups is 1. The Bertz CT molecular complexity index is 905. The predicted molar refractivity (Wildman–Crippen MR) is 126 cm³/mol. The Balaban J connectivity index is 1.66. The van der Waals surface area contributed by atoms with Crippen molar-refractivity contribution in [3.05, 3.63) is 34.9 Å². The summed E-state index contributed by atoms with van der Waals surface area (Å²) in [5.41, 5.74) is 10.4. The molecule has 0 unspecified atom stereocenters. The molecule has 168 valence electrons. The first kappa shape index (κ1) is 23.2. The standard InChI is InChI=1S/C25H36N4O2/c1-17-13-18(2)15-20(14-17)22-21(10-11-26)23(29-28-22)31-16-25(3,4)24(30)27-12-6-9-19-7-5-8-19/h12-15,19H,5-11,16,26H2,1-4H3,(H,28,29)/b27-12+. The number of nitrogens with one attached hydrogen (secondary N) is 1. The van der Waals surface area contributed by atoms with Crippen molar-refractivity contribution in [1.29, 1.82) is 0 Å². The molecule has 1 fully saturated rings. The van der Waals surface area contributed by atoms with E-state index in [-0.39, 0.29) is 12.5 Å². The molecular weight excluding hydrogens is 388 g/mol. The van der Waals surface area contributed by atoms with E-state index < -0.39 is 5.41 Å². The molecule has 1 aliphatic carbocycles. The van der Waals surface area contributed by atoms with Gasteiger partial charge in [-0.05, 0) is 71.6 Å². The first-order valence-corrected chi connectivity index (χ1v) is 11.4. The highest BCUT2D eigenvalue weighted by atomic mass is 16.5. The van der Waals surface area contributed by atoms with E-state index in [2.05, 4.69) is 47.2 Å². The van der Waals surface area contributed by atoms with Crippen LogP contribution in [-0.2, 0) is 11.2 Å². The minimum Gasteiger partial charge on any atom is -0.475 e. The molecule has 0 aliphatic heterocycles. The highest BCUT2D eigenvalue weighted by molar-refractivity contribution is 5.89. The third-order valence-electron chi connectivity index (χ3n) is 6.02. The lowest BCUT2D eigenvalue weighted by atomic mass is 9.82. The van der Waals surface area contributed by atoms with Gasteiger partial charge in [0.15, 0.2) is 0 Å². The molecule has 0 radical (unpaired) electrons. The number of aromatic amines is 1. The van der Waals surface area contributed by atoms with Crippen LogP contribution in [0.1, 0.15) is 62.6 Å². The summed E-state index contributed by atoms with van der Waals surface area (Å²) in [7, 11) is 0. The third-order valence-corrected chi connectivity index (χ3v) is 6.02. The molecule has 3 N–H and O–H groups in total. The van der Waals surface area contributed by atoms with Crippen molar-refractivity contribution in [1.82, 2.24) is 10.2 Å². The first-order chi connectivity index (χ1) is 14.8. The Kier molecular flexibility index (Phi) is 7.65. The van der Waals surface area contributed by atoms with Crippen LogP contribution in [0.2, 0.25) is 0 Å². The van der Waals surface area contributed by atoms with E-state index >= 15 is 0 Å². The molecule has 6 heteroatoms. The number of rotatable bonds is 10. The minimum absolute atomic E-state index is 0.161. The van der Waals surface area contributed by atoms with Gasteiger partial charge in [0.25, 0.3) is 5.91 Å². The average molecular weight is 425 g/mol. The second kappa shape index (κ2) is 10.2. The average Bonchev–Trinajstić information content (AvgIpc) is 3.07. The van der Waals surface area contributed by atoms with E-state index in [1.54, 1.807) is 6.21 Å². The van der Waals surface area contributed by atoms with Crippen molar-refractivity contribution in [2.45, 2.75) is 66.2 Å². The maximum Gasteiger partial charge on any atom is 0.254 e. The Morgan fingerprint density at radius 2 is 2.00 bits per heavy atom. The van der Waals surface area contributed by atoms with Crippen LogP contribution in [0.3, 0.4) is 0 Å². The first-order valence-electron chi connectivity index (χ1n) is 11.4. The van der Waals surface area contributed by atoms with Crippen molar-refractivity contribution in [3.63, 3.8) is 0 Å². The number of carbonyl (C=O) groups excluding carboxylic acids is 1.